The number of benzene rings is 2. The van der Waals surface area contributed by atoms with Crippen molar-refractivity contribution in [3.63, 3.8) is 0 Å². The van der Waals surface area contributed by atoms with Gasteiger partial charge in [-0.25, -0.2) is 13.9 Å². The van der Waals surface area contributed by atoms with Crippen LogP contribution >= 0.6 is 0 Å². The van der Waals surface area contributed by atoms with Crippen LogP contribution in [0.2, 0.25) is 0 Å². The first kappa shape index (κ1) is 23.7. The molecule has 2 aliphatic heterocycles. The van der Waals surface area contributed by atoms with Gasteiger partial charge < -0.3 is 4.90 Å². The molecular weight excluding hydrogens is 450 g/mol. The van der Waals surface area contributed by atoms with Crippen LogP contribution in [0.1, 0.15) is 30.0 Å². The Morgan fingerprint density at radius 1 is 0.818 bits per heavy atom. The largest absolute Gasteiger partial charge is 0.340 e. The molecule has 2 aromatic carbocycles. The van der Waals surface area contributed by atoms with Crippen molar-refractivity contribution >= 4 is 16.1 Å². The number of nitrogens with zero attached hydrogens (tertiary/aromatic N) is 3. The van der Waals surface area contributed by atoms with E-state index in [0.29, 0.717) is 39.0 Å². The van der Waals surface area contributed by atoms with E-state index in [1.54, 1.807) is 24.3 Å². The summed E-state index contributed by atoms with van der Waals surface area (Å²) in [6.45, 7) is 2.81. The van der Waals surface area contributed by atoms with Crippen LogP contribution in [0.15, 0.2) is 48.5 Å². The highest BCUT2D eigenvalue weighted by molar-refractivity contribution is 7.86. The van der Waals surface area contributed by atoms with Crippen LogP contribution in [-0.2, 0) is 15.0 Å². The van der Waals surface area contributed by atoms with Crippen molar-refractivity contribution in [1.82, 2.24) is 14.1 Å². The van der Waals surface area contributed by atoms with Gasteiger partial charge in [0.05, 0.1) is 6.04 Å². The lowest BCUT2D eigenvalue weighted by atomic mass is 9.95. The molecule has 2 aliphatic rings. The lowest BCUT2D eigenvalue weighted by molar-refractivity contribution is -0.138. The maximum Gasteiger partial charge on any atom is 0.276 e. The molecule has 0 unspecified atom stereocenters. The summed E-state index contributed by atoms with van der Waals surface area (Å²) in [5, 5.41) is 5.19. The molecule has 178 valence electrons. The molecule has 0 aliphatic carbocycles. The Labute approximate surface area is 192 Å². The summed E-state index contributed by atoms with van der Waals surface area (Å²) in [6, 6.07) is 12.4. The predicted octanol–water partition coefficient (Wildman–Crippen LogP) is 2.11. The maximum absolute atomic E-state index is 13.5. The number of nitrogens with two attached hydrogens (primary N) is 1. The summed E-state index contributed by atoms with van der Waals surface area (Å²) >= 11 is 0. The van der Waals surface area contributed by atoms with Gasteiger partial charge in [0, 0.05) is 45.2 Å². The molecule has 2 saturated heterocycles. The second kappa shape index (κ2) is 9.84. The molecule has 0 spiro atoms. The van der Waals surface area contributed by atoms with E-state index in [4.69, 9.17) is 5.14 Å². The van der Waals surface area contributed by atoms with Gasteiger partial charge in [0.1, 0.15) is 11.6 Å². The second-order valence-electron chi connectivity index (χ2n) is 8.59. The third-order valence-electron chi connectivity index (χ3n) is 6.53. The number of amides is 1. The fourth-order valence-electron chi connectivity index (χ4n) is 4.72. The van der Waals surface area contributed by atoms with E-state index in [0.717, 1.165) is 11.1 Å². The van der Waals surface area contributed by atoms with E-state index in [-0.39, 0.29) is 42.6 Å². The Bertz CT molecular complexity index is 1020. The highest BCUT2D eigenvalue weighted by atomic mass is 32.2. The van der Waals surface area contributed by atoms with Crippen LogP contribution in [-0.4, -0.2) is 67.7 Å². The molecule has 7 nitrogen and oxygen atoms in total. The normalized spacial score (nSPS) is 19.2. The number of halogens is 2. The number of rotatable bonds is 5. The van der Waals surface area contributed by atoms with Crippen molar-refractivity contribution < 1.29 is 22.0 Å². The standard InChI is InChI=1S/C23H28F2N4O3S/c24-20-5-1-17(2-6-20)22(18-3-7-21(25)8-4-18)27-13-15-28(16-14-27)23(30)19-9-11-29(12-10-19)33(26,31)32/h1-8,19,22H,9-16H2,(H2,26,31,32). The van der Waals surface area contributed by atoms with Gasteiger partial charge in [-0.3, -0.25) is 9.69 Å². The number of piperidine rings is 1. The van der Waals surface area contributed by atoms with E-state index >= 15 is 0 Å². The smallest absolute Gasteiger partial charge is 0.276 e. The summed E-state index contributed by atoms with van der Waals surface area (Å²) in [7, 11) is -3.72. The highest BCUT2D eigenvalue weighted by Crippen LogP contribution is 2.31. The lowest BCUT2D eigenvalue weighted by Gasteiger charge is -2.41. The third-order valence-corrected chi connectivity index (χ3v) is 7.61. The molecule has 2 aromatic rings. The van der Waals surface area contributed by atoms with Gasteiger partial charge in [-0.15, -0.1) is 0 Å². The summed E-state index contributed by atoms with van der Waals surface area (Å²) < 4.78 is 51.2. The average molecular weight is 479 g/mol. The van der Waals surface area contributed by atoms with E-state index < -0.39 is 10.2 Å². The van der Waals surface area contributed by atoms with Crippen molar-refractivity contribution in [2.75, 3.05) is 39.3 Å². The van der Waals surface area contributed by atoms with Gasteiger partial charge in [0.15, 0.2) is 0 Å². The minimum absolute atomic E-state index is 0.0452. The Hall–Kier alpha value is -2.40. The van der Waals surface area contributed by atoms with Crippen molar-refractivity contribution in [2.45, 2.75) is 18.9 Å². The first-order valence-corrected chi connectivity index (χ1v) is 12.5. The number of hydrogen-bond donors (Lipinski definition) is 1. The van der Waals surface area contributed by atoms with E-state index in [1.807, 2.05) is 4.90 Å². The summed E-state index contributed by atoms with van der Waals surface area (Å²) in [4.78, 5) is 17.1. The fourth-order valence-corrected chi connectivity index (χ4v) is 5.44. The van der Waals surface area contributed by atoms with Gasteiger partial charge in [-0.2, -0.15) is 12.7 Å². The minimum atomic E-state index is -3.72. The molecule has 33 heavy (non-hydrogen) atoms. The maximum atomic E-state index is 13.5. The van der Waals surface area contributed by atoms with E-state index in [9.17, 15) is 22.0 Å². The molecule has 4 rings (SSSR count). The summed E-state index contributed by atoms with van der Waals surface area (Å²) in [6.07, 6.45) is 0.923. The number of carbonyl (C=O) groups is 1. The average Bonchev–Trinajstić information content (AvgIpc) is 2.81. The zero-order valence-electron chi connectivity index (χ0n) is 18.2. The van der Waals surface area contributed by atoms with Gasteiger partial charge >= 0.3 is 0 Å². The van der Waals surface area contributed by atoms with Crippen LogP contribution in [0.3, 0.4) is 0 Å². The zero-order valence-corrected chi connectivity index (χ0v) is 19.1. The van der Waals surface area contributed by atoms with Crippen LogP contribution in [0.5, 0.6) is 0 Å². The molecule has 0 saturated carbocycles. The zero-order chi connectivity index (χ0) is 23.6. The predicted molar refractivity (Wildman–Crippen MR) is 120 cm³/mol. The quantitative estimate of drug-likeness (QED) is 0.713. The highest BCUT2D eigenvalue weighted by Gasteiger charge is 2.34. The molecule has 0 bridgehead atoms. The summed E-state index contributed by atoms with van der Waals surface area (Å²) in [5.74, 6) is -0.801. The Morgan fingerprint density at radius 2 is 1.27 bits per heavy atom. The molecule has 2 fully saturated rings. The number of carbonyl (C=O) groups excluding carboxylic acids is 1. The third kappa shape index (κ3) is 5.57. The van der Waals surface area contributed by atoms with Crippen LogP contribution in [0.4, 0.5) is 8.78 Å². The molecule has 0 aromatic heterocycles. The molecule has 0 radical (unpaired) electrons. The van der Waals surface area contributed by atoms with Crippen molar-refractivity contribution in [2.24, 2.45) is 11.1 Å². The molecule has 2 heterocycles. The van der Waals surface area contributed by atoms with Gasteiger partial charge in [-0.05, 0) is 48.2 Å². The SMILES string of the molecule is NS(=O)(=O)N1CCC(C(=O)N2CCN(C(c3ccc(F)cc3)c3ccc(F)cc3)CC2)CC1. The monoisotopic (exact) mass is 478 g/mol. The first-order chi connectivity index (χ1) is 15.7. The second-order valence-corrected chi connectivity index (χ2v) is 10.1. The Balaban J connectivity index is 1.43. The Kier molecular flexibility index (Phi) is 7.08. The number of piperazine rings is 1. The van der Waals surface area contributed by atoms with Crippen molar-refractivity contribution in [1.29, 1.82) is 0 Å². The van der Waals surface area contributed by atoms with Crippen LogP contribution < -0.4 is 5.14 Å². The molecular formula is C23H28F2N4O3S. The number of hydrogen-bond acceptors (Lipinski definition) is 4. The first-order valence-electron chi connectivity index (χ1n) is 11.0. The Morgan fingerprint density at radius 3 is 1.70 bits per heavy atom. The van der Waals surface area contributed by atoms with Crippen molar-refractivity contribution in [3.8, 4) is 0 Å². The minimum Gasteiger partial charge on any atom is -0.340 e. The van der Waals surface area contributed by atoms with E-state index in [1.165, 1.54) is 28.6 Å². The molecule has 2 N–H and O–H groups in total. The fraction of sp³-hybridized carbons (Fsp3) is 0.435. The van der Waals surface area contributed by atoms with Gasteiger partial charge in [-0.1, -0.05) is 24.3 Å². The van der Waals surface area contributed by atoms with E-state index in [2.05, 4.69) is 4.90 Å². The van der Waals surface area contributed by atoms with Crippen LogP contribution in [0.25, 0.3) is 0 Å². The molecule has 0 atom stereocenters. The van der Waals surface area contributed by atoms with Crippen LogP contribution in [0, 0.1) is 17.6 Å². The molecule has 1 amide bonds. The van der Waals surface area contributed by atoms with Crippen molar-refractivity contribution in [3.05, 3.63) is 71.3 Å². The summed E-state index contributed by atoms with van der Waals surface area (Å²) in [5.41, 5.74) is 1.80. The van der Waals surface area contributed by atoms with Gasteiger partial charge in [0.25, 0.3) is 10.2 Å². The molecule has 10 heteroatoms. The van der Waals surface area contributed by atoms with Gasteiger partial charge in [0.2, 0.25) is 5.91 Å². The lowest BCUT2D eigenvalue weighted by Crippen LogP contribution is -2.53. The topological polar surface area (TPSA) is 86.9 Å².